The van der Waals surface area contributed by atoms with E-state index in [1.54, 1.807) is 0 Å². The number of carbonyl (C=O) groups excluding carboxylic acids is 1. The molecule has 0 unspecified atom stereocenters. The van der Waals surface area contributed by atoms with Gasteiger partial charge in [0.1, 0.15) is 4.88 Å². The summed E-state index contributed by atoms with van der Waals surface area (Å²) in [6.45, 7) is 5.81. The zero-order valence-corrected chi connectivity index (χ0v) is 16.3. The first kappa shape index (κ1) is 17.7. The van der Waals surface area contributed by atoms with Crippen molar-refractivity contribution in [3.05, 3.63) is 40.2 Å². The molecule has 1 saturated carbocycles. The van der Waals surface area contributed by atoms with Gasteiger partial charge in [0.25, 0.3) is 5.91 Å². The number of nitrogens with zero attached hydrogens (tertiary/aromatic N) is 3. The Bertz CT molecular complexity index is 752. The van der Waals surface area contributed by atoms with E-state index >= 15 is 0 Å². The maximum atomic E-state index is 13.3. The van der Waals surface area contributed by atoms with Gasteiger partial charge in [-0.05, 0) is 26.2 Å². The number of hydrogen-bond acceptors (Lipinski definition) is 4. The molecule has 0 bridgehead atoms. The molecule has 138 valence electrons. The second-order valence-electron chi connectivity index (χ2n) is 7.40. The highest BCUT2D eigenvalue weighted by molar-refractivity contribution is 7.14. The van der Waals surface area contributed by atoms with E-state index in [1.807, 2.05) is 42.2 Å². The molecule has 4 nitrogen and oxygen atoms in total. The van der Waals surface area contributed by atoms with Crippen molar-refractivity contribution in [1.82, 2.24) is 14.8 Å². The lowest BCUT2D eigenvalue weighted by Gasteiger charge is -2.27. The van der Waals surface area contributed by atoms with E-state index in [0.29, 0.717) is 0 Å². The van der Waals surface area contributed by atoms with Crippen LogP contribution in [-0.4, -0.2) is 52.9 Å². The summed E-state index contributed by atoms with van der Waals surface area (Å²) < 4.78 is 0. The Morgan fingerprint density at radius 3 is 2.58 bits per heavy atom. The van der Waals surface area contributed by atoms with E-state index in [-0.39, 0.29) is 5.91 Å². The molecular weight excluding hydrogens is 342 g/mol. The van der Waals surface area contributed by atoms with Gasteiger partial charge in [0.15, 0.2) is 0 Å². The molecule has 1 amide bonds. The van der Waals surface area contributed by atoms with Gasteiger partial charge in [-0.15, -0.1) is 11.3 Å². The van der Waals surface area contributed by atoms with Gasteiger partial charge in [-0.25, -0.2) is 4.98 Å². The monoisotopic (exact) mass is 369 g/mol. The number of amides is 1. The van der Waals surface area contributed by atoms with Crippen LogP contribution in [0.25, 0.3) is 11.3 Å². The van der Waals surface area contributed by atoms with Crippen molar-refractivity contribution in [2.75, 3.05) is 26.2 Å². The molecule has 1 aliphatic heterocycles. The van der Waals surface area contributed by atoms with Gasteiger partial charge in [-0.3, -0.25) is 9.69 Å². The molecule has 2 heterocycles. The second-order valence-corrected chi connectivity index (χ2v) is 8.60. The van der Waals surface area contributed by atoms with Crippen LogP contribution in [0.2, 0.25) is 0 Å². The summed E-state index contributed by atoms with van der Waals surface area (Å²) in [6, 6.07) is 10.8. The van der Waals surface area contributed by atoms with Gasteiger partial charge < -0.3 is 4.90 Å². The van der Waals surface area contributed by atoms with Crippen LogP contribution in [0.15, 0.2) is 30.3 Å². The van der Waals surface area contributed by atoms with Gasteiger partial charge in [0, 0.05) is 37.8 Å². The fourth-order valence-corrected chi connectivity index (χ4v) is 5.19. The maximum Gasteiger partial charge on any atom is 0.266 e. The third-order valence-electron chi connectivity index (χ3n) is 5.63. The molecule has 2 aliphatic rings. The standard InChI is InChI=1S/C21H27N3OS/c1-16-22-19(17-8-3-2-4-9-17)20(26-16)21(25)24-13-7-12-23(14-15-24)18-10-5-6-11-18/h2-4,8-9,18H,5-7,10-15H2,1H3. The minimum atomic E-state index is 0.155. The average molecular weight is 370 g/mol. The lowest BCUT2D eigenvalue weighted by atomic mass is 10.1. The average Bonchev–Trinajstić information content (AvgIpc) is 3.26. The van der Waals surface area contributed by atoms with Crippen molar-refractivity contribution in [1.29, 1.82) is 0 Å². The molecule has 4 rings (SSSR count). The van der Waals surface area contributed by atoms with Crippen LogP contribution in [-0.2, 0) is 0 Å². The first-order chi connectivity index (χ1) is 12.7. The molecule has 2 fully saturated rings. The smallest absolute Gasteiger partial charge is 0.266 e. The summed E-state index contributed by atoms with van der Waals surface area (Å²) in [7, 11) is 0. The predicted molar refractivity (Wildman–Crippen MR) is 107 cm³/mol. The van der Waals surface area contributed by atoms with Crippen LogP contribution >= 0.6 is 11.3 Å². The molecule has 5 heteroatoms. The van der Waals surface area contributed by atoms with Crippen LogP contribution in [0.5, 0.6) is 0 Å². The Kier molecular flexibility index (Phi) is 5.36. The minimum absolute atomic E-state index is 0.155. The Morgan fingerprint density at radius 1 is 1.04 bits per heavy atom. The minimum Gasteiger partial charge on any atom is -0.337 e. The lowest BCUT2D eigenvalue weighted by molar-refractivity contribution is 0.0763. The van der Waals surface area contributed by atoms with Crippen molar-refractivity contribution in [2.24, 2.45) is 0 Å². The van der Waals surface area contributed by atoms with Gasteiger partial charge in [0.05, 0.1) is 10.7 Å². The third-order valence-corrected chi connectivity index (χ3v) is 6.59. The first-order valence-corrected chi connectivity index (χ1v) is 10.6. The molecule has 0 N–H and O–H groups in total. The summed E-state index contributed by atoms with van der Waals surface area (Å²) >= 11 is 1.53. The highest BCUT2D eigenvalue weighted by Gasteiger charge is 2.28. The number of thiazole rings is 1. The predicted octanol–water partition coefficient (Wildman–Crippen LogP) is 4.21. The highest BCUT2D eigenvalue weighted by atomic mass is 32.1. The van der Waals surface area contributed by atoms with E-state index in [2.05, 4.69) is 9.88 Å². The zero-order valence-electron chi connectivity index (χ0n) is 15.5. The molecule has 1 aromatic heterocycles. The number of aromatic nitrogens is 1. The van der Waals surface area contributed by atoms with E-state index in [1.165, 1.54) is 37.0 Å². The number of hydrogen-bond donors (Lipinski definition) is 0. The summed E-state index contributed by atoms with van der Waals surface area (Å²) in [5.74, 6) is 0.155. The fourth-order valence-electron chi connectivity index (χ4n) is 4.28. The molecule has 1 aliphatic carbocycles. The molecule has 1 saturated heterocycles. The normalized spacial score (nSPS) is 19.7. The van der Waals surface area contributed by atoms with Gasteiger partial charge in [0.2, 0.25) is 0 Å². The Balaban J connectivity index is 1.51. The fraction of sp³-hybridized carbons (Fsp3) is 0.524. The highest BCUT2D eigenvalue weighted by Crippen LogP contribution is 2.30. The van der Waals surface area contributed by atoms with Crippen molar-refractivity contribution in [3.8, 4) is 11.3 Å². The Labute approximate surface area is 159 Å². The number of rotatable bonds is 3. The number of aryl methyl sites for hydroxylation is 1. The van der Waals surface area contributed by atoms with Crippen molar-refractivity contribution in [3.63, 3.8) is 0 Å². The molecule has 2 aromatic rings. The number of benzene rings is 1. The van der Waals surface area contributed by atoms with Gasteiger partial charge >= 0.3 is 0 Å². The summed E-state index contributed by atoms with van der Waals surface area (Å²) in [4.78, 5) is 23.4. The van der Waals surface area contributed by atoms with E-state index in [9.17, 15) is 4.79 Å². The maximum absolute atomic E-state index is 13.3. The van der Waals surface area contributed by atoms with Crippen molar-refractivity contribution in [2.45, 2.75) is 45.1 Å². The SMILES string of the molecule is Cc1nc(-c2ccccc2)c(C(=O)N2CCCN(C3CCCC3)CC2)s1. The van der Waals surface area contributed by atoms with Crippen LogP contribution in [0, 0.1) is 6.92 Å². The largest absolute Gasteiger partial charge is 0.337 e. The van der Waals surface area contributed by atoms with Crippen LogP contribution in [0.4, 0.5) is 0 Å². The van der Waals surface area contributed by atoms with E-state index in [0.717, 1.165) is 59.8 Å². The first-order valence-electron chi connectivity index (χ1n) is 9.78. The second kappa shape index (κ2) is 7.89. The Hall–Kier alpha value is -1.72. The summed E-state index contributed by atoms with van der Waals surface area (Å²) in [5.41, 5.74) is 1.87. The van der Waals surface area contributed by atoms with Crippen LogP contribution < -0.4 is 0 Å². The third kappa shape index (κ3) is 3.69. The molecule has 1 aromatic carbocycles. The molecule has 0 spiro atoms. The quantitative estimate of drug-likeness (QED) is 0.813. The molecule has 0 atom stereocenters. The van der Waals surface area contributed by atoms with Crippen molar-refractivity contribution >= 4 is 17.2 Å². The topological polar surface area (TPSA) is 36.4 Å². The Morgan fingerprint density at radius 2 is 1.81 bits per heavy atom. The summed E-state index contributed by atoms with van der Waals surface area (Å²) in [6.07, 6.45) is 6.47. The van der Waals surface area contributed by atoms with Gasteiger partial charge in [-0.1, -0.05) is 43.2 Å². The number of carbonyl (C=O) groups is 1. The van der Waals surface area contributed by atoms with Crippen LogP contribution in [0.1, 0.15) is 46.8 Å². The lowest BCUT2D eigenvalue weighted by Crippen LogP contribution is -2.38. The molecule has 26 heavy (non-hydrogen) atoms. The van der Waals surface area contributed by atoms with Crippen LogP contribution in [0.3, 0.4) is 0 Å². The zero-order chi connectivity index (χ0) is 17.9. The van der Waals surface area contributed by atoms with Gasteiger partial charge in [-0.2, -0.15) is 0 Å². The summed E-state index contributed by atoms with van der Waals surface area (Å²) in [5, 5.41) is 0.953. The van der Waals surface area contributed by atoms with E-state index < -0.39 is 0 Å². The van der Waals surface area contributed by atoms with Crippen molar-refractivity contribution < 1.29 is 4.79 Å². The molecule has 0 radical (unpaired) electrons. The van der Waals surface area contributed by atoms with E-state index in [4.69, 9.17) is 0 Å². The molecular formula is C21H27N3OS.